The quantitative estimate of drug-likeness (QED) is 0.634. The summed E-state index contributed by atoms with van der Waals surface area (Å²) in [5, 5.41) is 6.02. The normalized spacial score (nSPS) is 13.6. The molecule has 0 spiro atoms. The number of rotatable bonds is 6. The molecule has 29 heavy (non-hydrogen) atoms. The summed E-state index contributed by atoms with van der Waals surface area (Å²) in [5.41, 5.74) is 3.39. The third-order valence-electron chi connectivity index (χ3n) is 5.39. The Bertz CT molecular complexity index is 1110. The fourth-order valence-corrected chi connectivity index (χ4v) is 3.66. The molecule has 148 valence electrons. The van der Waals surface area contributed by atoms with E-state index < -0.39 is 10.9 Å². The van der Waals surface area contributed by atoms with Crippen LogP contribution in [0.25, 0.3) is 0 Å². The number of hydrogen-bond donors (Lipinski definition) is 2. The van der Waals surface area contributed by atoms with Crippen molar-refractivity contribution in [2.45, 2.75) is 26.3 Å². The summed E-state index contributed by atoms with van der Waals surface area (Å²) >= 11 is 0. The number of carbonyl (C=O) groups excluding carboxylic acids is 1. The van der Waals surface area contributed by atoms with Crippen molar-refractivity contribution in [1.29, 1.82) is 0 Å². The number of benzene rings is 2. The average Bonchev–Trinajstić information content (AvgIpc) is 3.26. The maximum Gasteiger partial charge on any atom is 0.255 e. The number of anilines is 3. The Balaban J connectivity index is 1.40. The molecule has 1 aliphatic rings. The fraction of sp³-hybridized carbons (Fsp3) is 0.261. The van der Waals surface area contributed by atoms with Gasteiger partial charge in [0.2, 0.25) is 0 Å². The second-order valence-electron chi connectivity index (χ2n) is 7.40. The van der Waals surface area contributed by atoms with Crippen LogP contribution in [0, 0.1) is 6.92 Å². The van der Waals surface area contributed by atoms with Gasteiger partial charge in [0.25, 0.3) is 16.8 Å². The Labute approximate surface area is 168 Å². The van der Waals surface area contributed by atoms with E-state index in [0.717, 1.165) is 42.7 Å². The van der Waals surface area contributed by atoms with Crippen molar-refractivity contribution < 1.29 is 4.79 Å². The van der Waals surface area contributed by atoms with Crippen LogP contribution >= 0.6 is 0 Å². The van der Waals surface area contributed by atoms with Gasteiger partial charge in [0.1, 0.15) is 11.4 Å². The molecule has 3 aromatic rings. The second-order valence-corrected chi connectivity index (χ2v) is 7.40. The summed E-state index contributed by atoms with van der Waals surface area (Å²) in [6, 6.07) is 14.8. The van der Waals surface area contributed by atoms with E-state index in [9.17, 15) is 14.4 Å². The third-order valence-corrected chi connectivity index (χ3v) is 5.39. The minimum Gasteiger partial charge on any atom is -0.376 e. The summed E-state index contributed by atoms with van der Waals surface area (Å²) in [5.74, 6) is -0.169. The van der Waals surface area contributed by atoms with E-state index in [1.54, 1.807) is 12.1 Å². The van der Waals surface area contributed by atoms with Crippen molar-refractivity contribution in [3.63, 3.8) is 0 Å². The van der Waals surface area contributed by atoms with Gasteiger partial charge in [-0.1, -0.05) is 30.3 Å². The summed E-state index contributed by atoms with van der Waals surface area (Å²) in [6.07, 6.45) is 2.09. The minimum atomic E-state index is -0.443. The van der Waals surface area contributed by atoms with E-state index in [0.29, 0.717) is 23.5 Å². The zero-order valence-electron chi connectivity index (χ0n) is 16.3. The van der Waals surface area contributed by atoms with Gasteiger partial charge in [-0.15, -0.1) is 0 Å². The van der Waals surface area contributed by atoms with Gasteiger partial charge in [0.15, 0.2) is 0 Å². The van der Waals surface area contributed by atoms with E-state index in [1.165, 1.54) is 0 Å². The van der Waals surface area contributed by atoms with Crippen LogP contribution in [-0.4, -0.2) is 19.0 Å². The van der Waals surface area contributed by atoms with Crippen molar-refractivity contribution in [2.75, 3.05) is 28.6 Å². The number of nitrogens with one attached hydrogen (secondary N) is 2. The fourth-order valence-electron chi connectivity index (χ4n) is 3.66. The highest BCUT2D eigenvalue weighted by atomic mass is 16.2. The predicted octanol–water partition coefficient (Wildman–Crippen LogP) is 3.06. The Morgan fingerprint density at radius 3 is 2.34 bits per heavy atom. The first-order valence-corrected chi connectivity index (χ1v) is 9.82. The molecule has 6 nitrogen and oxygen atoms in total. The first-order valence-electron chi connectivity index (χ1n) is 9.82. The Hall–Kier alpha value is -3.41. The predicted molar refractivity (Wildman–Crippen MR) is 116 cm³/mol. The molecule has 0 unspecified atom stereocenters. The van der Waals surface area contributed by atoms with Gasteiger partial charge in [-0.3, -0.25) is 14.4 Å². The average molecular weight is 389 g/mol. The highest BCUT2D eigenvalue weighted by molar-refractivity contribution is 6.04. The molecule has 1 saturated heterocycles. The molecule has 0 aromatic heterocycles. The lowest BCUT2D eigenvalue weighted by molar-refractivity contribution is 0.102. The summed E-state index contributed by atoms with van der Waals surface area (Å²) in [7, 11) is 0. The molecule has 2 N–H and O–H groups in total. The van der Waals surface area contributed by atoms with Gasteiger partial charge in [-0.25, -0.2) is 0 Å². The van der Waals surface area contributed by atoms with Gasteiger partial charge < -0.3 is 15.5 Å². The molecular weight excluding hydrogens is 366 g/mol. The van der Waals surface area contributed by atoms with E-state index in [1.807, 2.05) is 48.2 Å². The monoisotopic (exact) mass is 389 g/mol. The molecule has 0 atom stereocenters. The van der Waals surface area contributed by atoms with Gasteiger partial charge in [0, 0.05) is 30.9 Å². The lowest BCUT2D eigenvalue weighted by Gasteiger charge is -2.22. The standard InChI is InChI=1S/C23H23N3O3/c1-15-6-2-3-7-18(15)25-23(29)17-10-8-16(9-11-17)14-24-19-20(22(28)21(19)27)26-12-4-5-13-26/h2-3,6-11,24H,4-5,12-14H2,1H3,(H,25,29). The SMILES string of the molecule is Cc1ccccc1NC(=O)c1ccc(CNc2c(N3CCCC3)c(=O)c2=O)cc1. The molecule has 1 fully saturated rings. The molecule has 0 radical (unpaired) electrons. The molecule has 1 amide bonds. The molecule has 1 heterocycles. The van der Waals surface area contributed by atoms with E-state index in [4.69, 9.17) is 0 Å². The Kier molecular flexibility index (Phi) is 5.16. The second kappa shape index (κ2) is 7.91. The maximum atomic E-state index is 12.4. The van der Waals surface area contributed by atoms with Crippen molar-refractivity contribution in [2.24, 2.45) is 0 Å². The van der Waals surface area contributed by atoms with Gasteiger partial charge in [-0.2, -0.15) is 0 Å². The van der Waals surface area contributed by atoms with Crippen LogP contribution < -0.4 is 26.4 Å². The molecule has 0 saturated carbocycles. The molecule has 0 aliphatic carbocycles. The third kappa shape index (κ3) is 3.78. The Morgan fingerprint density at radius 2 is 1.66 bits per heavy atom. The van der Waals surface area contributed by atoms with Crippen molar-refractivity contribution in [1.82, 2.24) is 0 Å². The van der Waals surface area contributed by atoms with Crippen molar-refractivity contribution in [3.05, 3.63) is 85.7 Å². The van der Waals surface area contributed by atoms with Crippen LogP contribution in [0.4, 0.5) is 17.1 Å². The zero-order chi connectivity index (χ0) is 20.4. The van der Waals surface area contributed by atoms with Crippen LogP contribution in [0.2, 0.25) is 0 Å². The van der Waals surface area contributed by atoms with Gasteiger partial charge in [0.05, 0.1) is 0 Å². The van der Waals surface area contributed by atoms with E-state index in [2.05, 4.69) is 10.6 Å². The van der Waals surface area contributed by atoms with Crippen LogP contribution in [0.3, 0.4) is 0 Å². The molecule has 0 bridgehead atoms. The van der Waals surface area contributed by atoms with Gasteiger partial charge >= 0.3 is 0 Å². The lowest BCUT2D eigenvalue weighted by Crippen LogP contribution is -2.41. The van der Waals surface area contributed by atoms with Crippen molar-refractivity contribution in [3.8, 4) is 0 Å². The summed E-state index contributed by atoms with van der Waals surface area (Å²) < 4.78 is 0. The van der Waals surface area contributed by atoms with Crippen LogP contribution in [0.15, 0.2) is 58.1 Å². The largest absolute Gasteiger partial charge is 0.376 e. The minimum absolute atomic E-state index is 0.169. The first-order chi connectivity index (χ1) is 14.0. The smallest absolute Gasteiger partial charge is 0.255 e. The summed E-state index contributed by atoms with van der Waals surface area (Å²) in [6.45, 7) is 4.02. The number of hydrogen-bond acceptors (Lipinski definition) is 5. The Morgan fingerprint density at radius 1 is 0.966 bits per heavy atom. The molecule has 3 aromatic carbocycles. The van der Waals surface area contributed by atoms with Crippen LogP contribution in [0.1, 0.15) is 34.3 Å². The van der Waals surface area contributed by atoms with Crippen LogP contribution in [0.5, 0.6) is 0 Å². The first kappa shape index (κ1) is 18.9. The number of aryl methyl sites for hydroxylation is 1. The number of carbonyl (C=O) groups is 1. The molecule has 4 rings (SSSR count). The zero-order valence-corrected chi connectivity index (χ0v) is 16.3. The molecular formula is C23H23N3O3. The lowest BCUT2D eigenvalue weighted by atomic mass is 10.1. The van der Waals surface area contributed by atoms with Crippen molar-refractivity contribution >= 4 is 23.0 Å². The van der Waals surface area contributed by atoms with Crippen LogP contribution in [-0.2, 0) is 6.54 Å². The highest BCUT2D eigenvalue weighted by Gasteiger charge is 2.27. The number of para-hydroxylation sites is 1. The summed E-state index contributed by atoms with van der Waals surface area (Å²) in [4.78, 5) is 38.3. The van der Waals surface area contributed by atoms with Gasteiger partial charge in [-0.05, 0) is 49.1 Å². The topological polar surface area (TPSA) is 78.5 Å². The number of amides is 1. The molecule has 1 aliphatic heterocycles. The van der Waals surface area contributed by atoms with E-state index >= 15 is 0 Å². The maximum absolute atomic E-state index is 12.4. The number of nitrogens with zero attached hydrogens (tertiary/aromatic N) is 1. The van der Waals surface area contributed by atoms with E-state index in [-0.39, 0.29) is 5.91 Å². The molecule has 6 heteroatoms. The highest BCUT2D eigenvalue weighted by Crippen LogP contribution is 2.24.